The van der Waals surface area contributed by atoms with Gasteiger partial charge in [-0.1, -0.05) is 11.6 Å². The number of nitrogens with zero attached hydrogens (tertiary/aromatic N) is 2. The van der Waals surface area contributed by atoms with Crippen LogP contribution in [0, 0.1) is 10.1 Å². The molecule has 0 saturated carbocycles. The highest BCUT2D eigenvalue weighted by atomic mass is 35.5. The van der Waals surface area contributed by atoms with E-state index in [1.807, 2.05) is 0 Å². The number of amides is 2. The molecule has 0 radical (unpaired) electrons. The lowest BCUT2D eigenvalue weighted by molar-refractivity contribution is -0.384. The van der Waals surface area contributed by atoms with E-state index in [1.165, 1.54) is 24.6 Å². The molecule has 1 heterocycles. The van der Waals surface area contributed by atoms with Gasteiger partial charge in [-0.3, -0.25) is 19.7 Å². The first kappa shape index (κ1) is 22.5. The number of rotatable bonds is 9. The van der Waals surface area contributed by atoms with Crippen LogP contribution in [0.5, 0.6) is 5.75 Å². The Kier molecular flexibility index (Phi) is 7.55. The standard InChI is InChI=1S/C21H17ClN4O6/c22-18-8-5-15(10-19(18)26(29)30)21(28)25-24-11-14-3-6-16(7-4-14)32-13-20(27)23-12-17-2-1-9-31-17/h1-11H,12-13H2,(H,23,27)(H,25,28)/b24-11+. The molecule has 0 saturated heterocycles. The van der Waals surface area contributed by atoms with Gasteiger partial charge < -0.3 is 14.5 Å². The summed E-state index contributed by atoms with van der Waals surface area (Å²) >= 11 is 5.73. The van der Waals surface area contributed by atoms with Gasteiger partial charge in [-0.05, 0) is 54.1 Å². The molecule has 32 heavy (non-hydrogen) atoms. The van der Waals surface area contributed by atoms with Crippen LogP contribution in [-0.2, 0) is 11.3 Å². The molecule has 10 nitrogen and oxygen atoms in total. The molecule has 2 aromatic carbocycles. The smallest absolute Gasteiger partial charge is 0.288 e. The molecule has 1 aromatic heterocycles. The molecular formula is C21H17ClN4O6. The van der Waals surface area contributed by atoms with E-state index in [1.54, 1.807) is 36.4 Å². The number of furan rings is 1. The molecule has 0 atom stereocenters. The van der Waals surface area contributed by atoms with Gasteiger partial charge in [-0.2, -0.15) is 5.10 Å². The number of hydrogen-bond donors (Lipinski definition) is 2. The Bertz CT molecular complexity index is 1130. The molecule has 164 valence electrons. The minimum Gasteiger partial charge on any atom is -0.484 e. The van der Waals surface area contributed by atoms with Crippen molar-refractivity contribution in [3.63, 3.8) is 0 Å². The summed E-state index contributed by atoms with van der Waals surface area (Å²) in [4.78, 5) is 34.1. The summed E-state index contributed by atoms with van der Waals surface area (Å²) in [6, 6.07) is 13.8. The maximum atomic E-state index is 12.1. The Hall–Kier alpha value is -4.18. The van der Waals surface area contributed by atoms with Crippen LogP contribution in [0.15, 0.2) is 70.4 Å². The number of hydrazone groups is 1. The Balaban J connectivity index is 1.46. The zero-order valence-corrected chi connectivity index (χ0v) is 17.2. The summed E-state index contributed by atoms with van der Waals surface area (Å²) in [6.07, 6.45) is 2.92. The highest BCUT2D eigenvalue weighted by molar-refractivity contribution is 6.32. The average Bonchev–Trinajstić information content (AvgIpc) is 3.31. The van der Waals surface area contributed by atoms with Crippen molar-refractivity contribution >= 4 is 35.3 Å². The lowest BCUT2D eigenvalue weighted by Gasteiger charge is -2.06. The molecule has 2 amide bonds. The zero-order chi connectivity index (χ0) is 22.9. The molecule has 0 aliphatic rings. The van der Waals surface area contributed by atoms with Crippen molar-refractivity contribution in [3.05, 3.63) is 92.9 Å². The molecule has 0 spiro atoms. The lowest BCUT2D eigenvalue weighted by Crippen LogP contribution is -2.28. The van der Waals surface area contributed by atoms with Gasteiger partial charge in [0.25, 0.3) is 17.5 Å². The van der Waals surface area contributed by atoms with E-state index in [-0.39, 0.29) is 35.3 Å². The second kappa shape index (κ2) is 10.7. The van der Waals surface area contributed by atoms with E-state index >= 15 is 0 Å². The van der Waals surface area contributed by atoms with Gasteiger partial charge in [0.15, 0.2) is 6.61 Å². The molecule has 0 fully saturated rings. The van der Waals surface area contributed by atoms with Crippen molar-refractivity contribution in [3.8, 4) is 5.75 Å². The first-order valence-corrected chi connectivity index (χ1v) is 9.59. The number of nitro groups is 1. The largest absolute Gasteiger partial charge is 0.484 e. The van der Waals surface area contributed by atoms with Gasteiger partial charge in [0.05, 0.1) is 23.9 Å². The van der Waals surface area contributed by atoms with E-state index in [0.29, 0.717) is 17.1 Å². The maximum absolute atomic E-state index is 12.1. The zero-order valence-electron chi connectivity index (χ0n) is 16.5. The Labute approximate surface area is 187 Å². The maximum Gasteiger partial charge on any atom is 0.288 e. The van der Waals surface area contributed by atoms with E-state index in [9.17, 15) is 19.7 Å². The molecule has 0 unspecified atom stereocenters. The van der Waals surface area contributed by atoms with Crippen LogP contribution in [0.25, 0.3) is 0 Å². The monoisotopic (exact) mass is 456 g/mol. The summed E-state index contributed by atoms with van der Waals surface area (Å²) < 4.78 is 10.5. The number of carbonyl (C=O) groups is 2. The Morgan fingerprint density at radius 3 is 2.66 bits per heavy atom. The fourth-order valence-corrected chi connectivity index (χ4v) is 2.66. The van der Waals surface area contributed by atoms with Crippen LogP contribution >= 0.6 is 11.6 Å². The van der Waals surface area contributed by atoms with Crippen molar-refractivity contribution < 1.29 is 23.7 Å². The number of nitrogens with one attached hydrogen (secondary N) is 2. The van der Waals surface area contributed by atoms with E-state index in [4.69, 9.17) is 20.8 Å². The molecule has 0 aliphatic heterocycles. The highest BCUT2D eigenvalue weighted by Crippen LogP contribution is 2.25. The first-order chi connectivity index (χ1) is 15.4. The number of ether oxygens (including phenoxy) is 1. The van der Waals surface area contributed by atoms with Crippen LogP contribution in [0.4, 0.5) is 5.69 Å². The van der Waals surface area contributed by atoms with Crippen LogP contribution < -0.4 is 15.5 Å². The van der Waals surface area contributed by atoms with Crippen molar-refractivity contribution in [2.45, 2.75) is 6.54 Å². The van der Waals surface area contributed by atoms with Gasteiger partial charge in [0, 0.05) is 11.6 Å². The van der Waals surface area contributed by atoms with Gasteiger partial charge in [-0.15, -0.1) is 0 Å². The molecule has 11 heteroatoms. The minimum absolute atomic E-state index is 0.0484. The fourth-order valence-electron chi connectivity index (χ4n) is 2.47. The van der Waals surface area contributed by atoms with Crippen molar-refractivity contribution in [1.29, 1.82) is 0 Å². The Morgan fingerprint density at radius 2 is 1.97 bits per heavy atom. The SMILES string of the molecule is O=C(COc1ccc(/C=N/NC(=O)c2ccc(Cl)c([N+](=O)[O-])c2)cc1)NCc1ccco1. The first-order valence-electron chi connectivity index (χ1n) is 9.21. The minimum atomic E-state index is -0.672. The molecular weight excluding hydrogens is 440 g/mol. The summed E-state index contributed by atoms with van der Waals surface area (Å²) in [7, 11) is 0. The van der Waals surface area contributed by atoms with Crippen molar-refractivity contribution in [1.82, 2.24) is 10.7 Å². The Morgan fingerprint density at radius 1 is 1.19 bits per heavy atom. The van der Waals surface area contributed by atoms with E-state index in [0.717, 1.165) is 6.07 Å². The predicted molar refractivity (Wildman–Crippen MR) is 116 cm³/mol. The van der Waals surface area contributed by atoms with Gasteiger partial charge in [0.1, 0.15) is 16.5 Å². The summed E-state index contributed by atoms with van der Waals surface area (Å²) in [5.41, 5.74) is 2.62. The third-order valence-corrected chi connectivity index (χ3v) is 4.39. The fraction of sp³-hybridized carbons (Fsp3) is 0.0952. The van der Waals surface area contributed by atoms with Crippen LogP contribution in [0.3, 0.4) is 0 Å². The number of benzene rings is 2. The van der Waals surface area contributed by atoms with Crippen LogP contribution in [0.2, 0.25) is 5.02 Å². The quantitative estimate of drug-likeness (QED) is 0.288. The third-order valence-electron chi connectivity index (χ3n) is 4.07. The highest BCUT2D eigenvalue weighted by Gasteiger charge is 2.15. The summed E-state index contributed by atoms with van der Waals surface area (Å²) in [6.45, 7) is 0.122. The summed E-state index contributed by atoms with van der Waals surface area (Å²) in [5, 5.41) is 17.3. The van der Waals surface area contributed by atoms with Crippen molar-refractivity contribution in [2.75, 3.05) is 6.61 Å². The number of carbonyl (C=O) groups excluding carboxylic acids is 2. The lowest BCUT2D eigenvalue weighted by atomic mass is 10.2. The third kappa shape index (κ3) is 6.41. The van der Waals surface area contributed by atoms with Gasteiger partial charge in [0.2, 0.25) is 0 Å². The second-order valence-electron chi connectivity index (χ2n) is 6.34. The van der Waals surface area contributed by atoms with E-state index in [2.05, 4.69) is 15.8 Å². The normalized spacial score (nSPS) is 10.7. The number of hydrogen-bond acceptors (Lipinski definition) is 7. The van der Waals surface area contributed by atoms with Gasteiger partial charge in [-0.25, -0.2) is 5.43 Å². The van der Waals surface area contributed by atoms with E-state index < -0.39 is 10.8 Å². The topological polar surface area (TPSA) is 136 Å². The van der Waals surface area contributed by atoms with Crippen LogP contribution in [0.1, 0.15) is 21.7 Å². The summed E-state index contributed by atoms with van der Waals surface area (Å²) in [5.74, 6) is 0.204. The van der Waals surface area contributed by atoms with Crippen molar-refractivity contribution in [2.24, 2.45) is 5.10 Å². The molecule has 2 N–H and O–H groups in total. The average molecular weight is 457 g/mol. The second-order valence-corrected chi connectivity index (χ2v) is 6.74. The molecule has 0 aliphatic carbocycles. The number of nitro benzene ring substituents is 1. The predicted octanol–water partition coefficient (Wildman–Crippen LogP) is 3.30. The molecule has 3 rings (SSSR count). The van der Waals surface area contributed by atoms with Gasteiger partial charge >= 0.3 is 0 Å². The number of halogens is 1. The van der Waals surface area contributed by atoms with Crippen LogP contribution in [-0.4, -0.2) is 29.6 Å². The molecule has 3 aromatic rings. The molecule has 0 bridgehead atoms.